The Hall–Kier alpha value is -1.98. The summed E-state index contributed by atoms with van der Waals surface area (Å²) in [5.41, 5.74) is 6.14. The normalized spacial score (nSPS) is 10.2. The minimum absolute atomic E-state index is 0.247. The Morgan fingerprint density at radius 1 is 1.05 bits per heavy atom. The Morgan fingerprint density at radius 2 is 1.65 bits per heavy atom. The molecule has 2 rings (SSSR count). The molecule has 0 radical (unpaired) electrons. The quantitative estimate of drug-likeness (QED) is 0.918. The van der Waals surface area contributed by atoms with Crippen molar-refractivity contribution in [2.45, 2.75) is 6.54 Å². The van der Waals surface area contributed by atoms with Gasteiger partial charge in [0.15, 0.2) is 0 Å². The number of hydrogen-bond donors (Lipinski definition) is 1. The Balaban J connectivity index is 2.29. The molecule has 0 amide bonds. The highest BCUT2D eigenvalue weighted by Gasteiger charge is 2.07. The number of halogens is 1. The van der Waals surface area contributed by atoms with E-state index >= 15 is 0 Å². The maximum atomic E-state index is 5.96. The average Bonchev–Trinajstić information content (AvgIpc) is 2.48. The van der Waals surface area contributed by atoms with Gasteiger partial charge in [-0.3, -0.25) is 0 Å². The second-order valence-corrected chi connectivity index (χ2v) is 4.34. The first-order valence-electron chi connectivity index (χ1n) is 5.92. The molecule has 0 bridgehead atoms. The molecule has 1 heterocycles. The number of rotatable bonds is 5. The summed E-state index contributed by atoms with van der Waals surface area (Å²) < 4.78 is 16.0. The van der Waals surface area contributed by atoms with Gasteiger partial charge in [-0.2, -0.15) is 0 Å². The topological polar surface area (TPSA) is 66.6 Å². The number of methoxy groups -OCH3 is 2. The van der Waals surface area contributed by atoms with Crippen molar-refractivity contribution in [2.75, 3.05) is 14.2 Å². The zero-order chi connectivity index (χ0) is 14.5. The van der Waals surface area contributed by atoms with Gasteiger partial charge in [0.05, 0.1) is 24.9 Å². The third kappa shape index (κ3) is 3.31. The summed E-state index contributed by atoms with van der Waals surface area (Å²) in [6, 6.07) is 8.60. The minimum atomic E-state index is 0.247. The molecule has 0 aliphatic carbocycles. The summed E-state index contributed by atoms with van der Waals surface area (Å²) >= 11 is 5.96. The molecular formula is C14H15ClN2O3. The maximum Gasteiger partial charge on any atom is 0.219 e. The third-order valence-corrected chi connectivity index (χ3v) is 2.98. The minimum Gasteiger partial charge on any atom is -0.496 e. The van der Waals surface area contributed by atoms with Crippen LogP contribution in [0.2, 0.25) is 5.02 Å². The summed E-state index contributed by atoms with van der Waals surface area (Å²) in [5, 5.41) is 0.517. The molecule has 0 fully saturated rings. The third-order valence-electron chi connectivity index (χ3n) is 2.63. The van der Waals surface area contributed by atoms with Crippen molar-refractivity contribution in [3.05, 3.63) is 41.0 Å². The van der Waals surface area contributed by atoms with Crippen LogP contribution >= 0.6 is 11.6 Å². The molecule has 0 spiro atoms. The lowest BCUT2D eigenvalue weighted by atomic mass is 10.3. The molecule has 0 saturated heterocycles. The second kappa shape index (κ2) is 6.45. The molecule has 20 heavy (non-hydrogen) atoms. The van der Waals surface area contributed by atoms with Gasteiger partial charge in [0, 0.05) is 30.8 Å². The van der Waals surface area contributed by atoms with Crippen molar-refractivity contribution < 1.29 is 14.2 Å². The number of aromatic nitrogens is 1. The lowest BCUT2D eigenvalue weighted by Gasteiger charge is -2.10. The molecular weight excluding hydrogens is 280 g/mol. The van der Waals surface area contributed by atoms with Crippen molar-refractivity contribution in [3.63, 3.8) is 0 Å². The van der Waals surface area contributed by atoms with Gasteiger partial charge < -0.3 is 19.9 Å². The standard InChI is InChI=1S/C14H15ClN2O3/c1-18-9-5-10(19-2)7-11(6-9)20-14-4-3-12(15)13(8-16)17-14/h3-7H,8,16H2,1-2H3. The van der Waals surface area contributed by atoms with Crippen LogP contribution in [0.1, 0.15) is 5.69 Å². The number of benzene rings is 1. The van der Waals surface area contributed by atoms with E-state index in [1.165, 1.54) is 0 Å². The zero-order valence-corrected chi connectivity index (χ0v) is 12.0. The molecule has 0 aliphatic heterocycles. The van der Waals surface area contributed by atoms with Gasteiger partial charge in [-0.15, -0.1) is 0 Å². The van der Waals surface area contributed by atoms with Crippen LogP contribution in [0.3, 0.4) is 0 Å². The van der Waals surface area contributed by atoms with E-state index in [2.05, 4.69) is 4.98 Å². The van der Waals surface area contributed by atoms with E-state index in [4.69, 9.17) is 31.5 Å². The number of hydrogen-bond acceptors (Lipinski definition) is 5. The summed E-state index contributed by atoms with van der Waals surface area (Å²) in [4.78, 5) is 4.24. The first-order valence-corrected chi connectivity index (χ1v) is 6.30. The van der Waals surface area contributed by atoms with Crippen LogP contribution in [0.4, 0.5) is 0 Å². The number of nitrogens with two attached hydrogens (primary N) is 1. The van der Waals surface area contributed by atoms with E-state index in [0.29, 0.717) is 33.8 Å². The second-order valence-electron chi connectivity index (χ2n) is 3.93. The van der Waals surface area contributed by atoms with Crippen LogP contribution in [0.5, 0.6) is 23.1 Å². The van der Waals surface area contributed by atoms with Crippen molar-refractivity contribution in [3.8, 4) is 23.1 Å². The van der Waals surface area contributed by atoms with E-state index in [-0.39, 0.29) is 6.54 Å². The molecule has 2 N–H and O–H groups in total. The van der Waals surface area contributed by atoms with E-state index in [1.54, 1.807) is 44.6 Å². The van der Waals surface area contributed by atoms with Gasteiger partial charge in [-0.05, 0) is 6.07 Å². The predicted molar refractivity (Wildman–Crippen MR) is 76.8 cm³/mol. The Morgan fingerprint density at radius 3 is 2.20 bits per heavy atom. The van der Waals surface area contributed by atoms with Crippen LogP contribution in [-0.2, 0) is 6.54 Å². The van der Waals surface area contributed by atoms with E-state index < -0.39 is 0 Å². The molecule has 0 unspecified atom stereocenters. The monoisotopic (exact) mass is 294 g/mol. The van der Waals surface area contributed by atoms with Crippen LogP contribution in [0.25, 0.3) is 0 Å². The highest BCUT2D eigenvalue weighted by molar-refractivity contribution is 6.31. The lowest BCUT2D eigenvalue weighted by molar-refractivity contribution is 0.385. The average molecular weight is 295 g/mol. The fourth-order valence-electron chi connectivity index (χ4n) is 1.63. The van der Waals surface area contributed by atoms with Crippen molar-refractivity contribution in [2.24, 2.45) is 5.73 Å². The van der Waals surface area contributed by atoms with Crippen molar-refractivity contribution >= 4 is 11.6 Å². The SMILES string of the molecule is COc1cc(OC)cc(Oc2ccc(Cl)c(CN)n2)c1. The van der Waals surface area contributed by atoms with E-state index in [1.807, 2.05) is 0 Å². The van der Waals surface area contributed by atoms with E-state index in [0.717, 1.165) is 0 Å². The van der Waals surface area contributed by atoms with Gasteiger partial charge >= 0.3 is 0 Å². The highest BCUT2D eigenvalue weighted by atomic mass is 35.5. The number of ether oxygens (including phenoxy) is 3. The molecule has 0 atom stereocenters. The lowest BCUT2D eigenvalue weighted by Crippen LogP contribution is -2.01. The largest absolute Gasteiger partial charge is 0.496 e. The number of nitrogens with zero attached hydrogens (tertiary/aromatic N) is 1. The molecule has 6 heteroatoms. The van der Waals surface area contributed by atoms with Crippen LogP contribution in [-0.4, -0.2) is 19.2 Å². The Labute approximate surface area is 122 Å². The van der Waals surface area contributed by atoms with Gasteiger partial charge in [-0.1, -0.05) is 11.6 Å². The fraction of sp³-hybridized carbons (Fsp3) is 0.214. The summed E-state index contributed by atoms with van der Waals surface area (Å²) in [5.74, 6) is 2.23. The molecule has 5 nitrogen and oxygen atoms in total. The first-order chi connectivity index (χ1) is 9.66. The fourth-order valence-corrected chi connectivity index (χ4v) is 1.81. The maximum absolute atomic E-state index is 5.96. The molecule has 1 aromatic heterocycles. The Bertz CT molecular complexity index is 583. The molecule has 106 valence electrons. The van der Waals surface area contributed by atoms with E-state index in [9.17, 15) is 0 Å². The Kier molecular flexibility index (Phi) is 4.65. The van der Waals surface area contributed by atoms with Gasteiger partial charge in [0.2, 0.25) is 5.88 Å². The van der Waals surface area contributed by atoms with Gasteiger partial charge in [0.25, 0.3) is 0 Å². The molecule has 2 aromatic rings. The molecule has 0 saturated carbocycles. The highest BCUT2D eigenvalue weighted by Crippen LogP contribution is 2.30. The van der Waals surface area contributed by atoms with Gasteiger partial charge in [0.1, 0.15) is 17.2 Å². The van der Waals surface area contributed by atoms with Crippen LogP contribution < -0.4 is 19.9 Å². The first kappa shape index (κ1) is 14.4. The van der Waals surface area contributed by atoms with Crippen LogP contribution in [0, 0.1) is 0 Å². The van der Waals surface area contributed by atoms with Gasteiger partial charge in [-0.25, -0.2) is 4.98 Å². The van der Waals surface area contributed by atoms with Crippen molar-refractivity contribution in [1.82, 2.24) is 4.98 Å². The number of pyridine rings is 1. The smallest absolute Gasteiger partial charge is 0.219 e. The summed E-state index contributed by atoms with van der Waals surface area (Å²) in [6.07, 6.45) is 0. The zero-order valence-electron chi connectivity index (χ0n) is 11.2. The summed E-state index contributed by atoms with van der Waals surface area (Å²) in [7, 11) is 3.15. The van der Waals surface area contributed by atoms with Crippen molar-refractivity contribution in [1.29, 1.82) is 0 Å². The predicted octanol–water partition coefficient (Wildman–Crippen LogP) is 3.00. The molecule has 1 aromatic carbocycles. The summed E-state index contributed by atoms with van der Waals surface area (Å²) in [6.45, 7) is 0.247. The van der Waals surface area contributed by atoms with Crippen LogP contribution in [0.15, 0.2) is 30.3 Å². The molecule has 0 aliphatic rings.